The predicted octanol–water partition coefficient (Wildman–Crippen LogP) is 5.89. The number of nitrogens with one attached hydrogen (secondary N) is 1. The first-order valence-electron chi connectivity index (χ1n) is 8.42. The molecule has 0 unspecified atom stereocenters. The number of nitrogens with zero attached hydrogens (tertiary/aromatic N) is 2. The summed E-state index contributed by atoms with van der Waals surface area (Å²) in [7, 11) is 0. The average molecular weight is 371 g/mol. The van der Waals surface area contributed by atoms with Crippen LogP contribution in [0, 0.1) is 13.8 Å². The molecule has 0 bridgehead atoms. The first-order chi connectivity index (χ1) is 12.5. The van der Waals surface area contributed by atoms with Gasteiger partial charge in [0.25, 0.3) is 0 Å². The number of nitrogen functional groups attached to an aromatic ring is 1. The van der Waals surface area contributed by atoms with Crippen LogP contribution < -0.4 is 15.8 Å². The van der Waals surface area contributed by atoms with Crippen LogP contribution in [0.4, 0.5) is 17.5 Å². The van der Waals surface area contributed by atoms with Gasteiger partial charge in [-0.1, -0.05) is 31.5 Å². The molecule has 136 valence electrons. The molecule has 0 saturated carbocycles. The number of ether oxygens (including phenoxy) is 1. The minimum atomic E-state index is 0.132. The Morgan fingerprint density at radius 3 is 2.27 bits per heavy atom. The SMILES string of the molecule is CC.Cc1ccc(Nc2cc(Oc3ccc(Cl)cc3)nc(N)n2)cc1C. The van der Waals surface area contributed by atoms with Crippen molar-refractivity contribution in [1.29, 1.82) is 0 Å². The highest BCUT2D eigenvalue weighted by Gasteiger charge is 2.06. The summed E-state index contributed by atoms with van der Waals surface area (Å²) >= 11 is 5.87. The third kappa shape index (κ3) is 5.36. The number of hydrogen-bond donors (Lipinski definition) is 2. The van der Waals surface area contributed by atoms with Crippen LogP contribution in [-0.2, 0) is 0 Å². The number of anilines is 3. The third-order valence-electron chi connectivity index (χ3n) is 3.54. The van der Waals surface area contributed by atoms with Gasteiger partial charge in [0.2, 0.25) is 11.8 Å². The van der Waals surface area contributed by atoms with Crippen molar-refractivity contribution in [2.45, 2.75) is 27.7 Å². The van der Waals surface area contributed by atoms with Gasteiger partial charge in [0, 0.05) is 16.8 Å². The summed E-state index contributed by atoms with van der Waals surface area (Å²) in [5.74, 6) is 1.67. The van der Waals surface area contributed by atoms with Gasteiger partial charge in [-0.2, -0.15) is 9.97 Å². The van der Waals surface area contributed by atoms with Crippen molar-refractivity contribution < 1.29 is 4.74 Å². The van der Waals surface area contributed by atoms with Gasteiger partial charge in [-0.3, -0.25) is 0 Å². The number of nitrogens with two attached hydrogens (primary N) is 1. The normalized spacial score (nSPS) is 9.88. The first kappa shape index (κ1) is 19.5. The molecule has 0 aliphatic carbocycles. The van der Waals surface area contributed by atoms with Gasteiger partial charge in [0.05, 0.1) is 0 Å². The number of hydrogen-bond acceptors (Lipinski definition) is 5. The molecule has 0 aliphatic rings. The number of halogens is 1. The highest BCUT2D eigenvalue weighted by atomic mass is 35.5. The van der Waals surface area contributed by atoms with E-state index in [1.807, 2.05) is 32.0 Å². The Morgan fingerprint density at radius 1 is 0.923 bits per heavy atom. The Hall–Kier alpha value is -2.79. The minimum Gasteiger partial charge on any atom is -0.439 e. The molecule has 0 saturated heterocycles. The van der Waals surface area contributed by atoms with Crippen molar-refractivity contribution in [2.24, 2.45) is 0 Å². The van der Waals surface area contributed by atoms with Crippen molar-refractivity contribution in [3.05, 3.63) is 64.7 Å². The highest BCUT2D eigenvalue weighted by molar-refractivity contribution is 6.30. The Bertz CT molecular complexity index is 866. The fraction of sp³-hybridized carbons (Fsp3) is 0.200. The van der Waals surface area contributed by atoms with E-state index in [0.29, 0.717) is 22.5 Å². The average Bonchev–Trinajstić information content (AvgIpc) is 2.61. The minimum absolute atomic E-state index is 0.132. The van der Waals surface area contributed by atoms with E-state index < -0.39 is 0 Å². The van der Waals surface area contributed by atoms with Gasteiger partial charge in [-0.25, -0.2) is 0 Å². The summed E-state index contributed by atoms with van der Waals surface area (Å²) in [5.41, 5.74) is 9.13. The second-order valence-corrected chi connectivity index (χ2v) is 5.87. The largest absolute Gasteiger partial charge is 0.439 e. The van der Waals surface area contributed by atoms with Crippen molar-refractivity contribution in [1.82, 2.24) is 9.97 Å². The molecule has 3 aromatic rings. The number of aromatic nitrogens is 2. The second kappa shape index (κ2) is 9.06. The Kier molecular flexibility index (Phi) is 6.81. The first-order valence-corrected chi connectivity index (χ1v) is 8.80. The standard InChI is InChI=1S/C18H17ClN4O.C2H6/c1-11-3-6-14(9-12(11)2)21-16-10-17(23-18(20)22-16)24-15-7-4-13(19)5-8-15;1-2/h3-10H,1-2H3,(H3,20,21,22,23);1-2H3. The Morgan fingerprint density at radius 2 is 1.62 bits per heavy atom. The van der Waals surface area contributed by atoms with E-state index in [1.165, 1.54) is 11.1 Å². The fourth-order valence-electron chi connectivity index (χ4n) is 2.15. The van der Waals surface area contributed by atoms with Crippen LogP contribution in [0.15, 0.2) is 48.5 Å². The van der Waals surface area contributed by atoms with Crippen LogP contribution in [0.2, 0.25) is 5.02 Å². The maximum Gasteiger partial charge on any atom is 0.226 e. The number of benzene rings is 2. The van der Waals surface area contributed by atoms with Gasteiger partial charge in [-0.05, 0) is 61.4 Å². The quantitative estimate of drug-likeness (QED) is 0.598. The van der Waals surface area contributed by atoms with Gasteiger partial charge in [-0.15, -0.1) is 0 Å². The van der Waals surface area contributed by atoms with Gasteiger partial charge < -0.3 is 15.8 Å². The summed E-state index contributed by atoms with van der Waals surface area (Å²) in [6, 6.07) is 14.8. The molecule has 0 spiro atoms. The summed E-state index contributed by atoms with van der Waals surface area (Å²) in [4.78, 5) is 8.29. The zero-order valence-corrected chi connectivity index (χ0v) is 16.1. The van der Waals surface area contributed by atoms with Crippen molar-refractivity contribution >= 4 is 29.1 Å². The lowest BCUT2D eigenvalue weighted by atomic mass is 10.1. The smallest absolute Gasteiger partial charge is 0.226 e. The molecule has 0 amide bonds. The van der Waals surface area contributed by atoms with Crippen LogP contribution >= 0.6 is 11.6 Å². The number of aryl methyl sites for hydroxylation is 2. The Labute approximate surface area is 159 Å². The van der Waals surface area contributed by atoms with Crippen molar-refractivity contribution in [3.8, 4) is 11.6 Å². The summed E-state index contributed by atoms with van der Waals surface area (Å²) in [6.07, 6.45) is 0. The lowest BCUT2D eigenvalue weighted by Crippen LogP contribution is -2.02. The molecule has 0 radical (unpaired) electrons. The predicted molar refractivity (Wildman–Crippen MR) is 109 cm³/mol. The van der Waals surface area contributed by atoms with E-state index >= 15 is 0 Å². The molecule has 6 heteroatoms. The maximum atomic E-state index is 5.87. The lowest BCUT2D eigenvalue weighted by Gasteiger charge is -2.10. The topological polar surface area (TPSA) is 73.1 Å². The number of rotatable bonds is 4. The maximum absolute atomic E-state index is 5.87. The summed E-state index contributed by atoms with van der Waals surface area (Å²) in [6.45, 7) is 8.13. The molecule has 3 N–H and O–H groups in total. The monoisotopic (exact) mass is 370 g/mol. The molecule has 3 rings (SSSR count). The third-order valence-corrected chi connectivity index (χ3v) is 3.79. The second-order valence-electron chi connectivity index (χ2n) is 5.43. The summed E-state index contributed by atoms with van der Waals surface area (Å²) < 4.78 is 5.71. The van der Waals surface area contributed by atoms with Crippen LogP contribution in [-0.4, -0.2) is 9.97 Å². The molecular formula is C20H23ClN4O. The molecule has 5 nitrogen and oxygen atoms in total. The zero-order valence-electron chi connectivity index (χ0n) is 15.4. The molecule has 2 aromatic carbocycles. The Balaban J connectivity index is 0.00000117. The van der Waals surface area contributed by atoms with Crippen LogP contribution in [0.5, 0.6) is 11.6 Å². The van der Waals surface area contributed by atoms with E-state index in [9.17, 15) is 0 Å². The molecule has 0 atom stereocenters. The highest BCUT2D eigenvalue weighted by Crippen LogP contribution is 2.25. The molecule has 26 heavy (non-hydrogen) atoms. The van der Waals surface area contributed by atoms with E-state index in [2.05, 4.69) is 29.1 Å². The van der Waals surface area contributed by atoms with Crippen LogP contribution in [0.3, 0.4) is 0 Å². The van der Waals surface area contributed by atoms with Gasteiger partial charge >= 0.3 is 0 Å². The molecule has 1 heterocycles. The van der Waals surface area contributed by atoms with Crippen LogP contribution in [0.1, 0.15) is 25.0 Å². The van der Waals surface area contributed by atoms with Crippen LogP contribution in [0.25, 0.3) is 0 Å². The van der Waals surface area contributed by atoms with Gasteiger partial charge in [0.1, 0.15) is 11.6 Å². The zero-order chi connectivity index (χ0) is 19.1. The van der Waals surface area contributed by atoms with Crippen molar-refractivity contribution in [2.75, 3.05) is 11.1 Å². The van der Waals surface area contributed by atoms with E-state index in [0.717, 1.165) is 5.69 Å². The van der Waals surface area contributed by atoms with Crippen molar-refractivity contribution in [3.63, 3.8) is 0 Å². The summed E-state index contributed by atoms with van der Waals surface area (Å²) in [5, 5.41) is 3.86. The lowest BCUT2D eigenvalue weighted by molar-refractivity contribution is 0.463. The van der Waals surface area contributed by atoms with Gasteiger partial charge in [0.15, 0.2) is 0 Å². The molecule has 0 aliphatic heterocycles. The molecular weight excluding hydrogens is 348 g/mol. The van der Waals surface area contributed by atoms with E-state index in [1.54, 1.807) is 30.3 Å². The molecule has 1 aromatic heterocycles. The fourth-order valence-corrected chi connectivity index (χ4v) is 2.28. The molecule has 0 fully saturated rings. The van der Waals surface area contributed by atoms with E-state index in [-0.39, 0.29) is 5.95 Å². The van der Waals surface area contributed by atoms with E-state index in [4.69, 9.17) is 22.1 Å².